The Morgan fingerprint density at radius 3 is 3.04 bits per heavy atom. The van der Waals surface area contributed by atoms with Crippen LogP contribution in [0.3, 0.4) is 0 Å². The Labute approximate surface area is 151 Å². The summed E-state index contributed by atoms with van der Waals surface area (Å²) < 4.78 is 6.55. The number of carbonyl (C=O) groups excluding carboxylic acids is 1. The number of nitrogens with zero attached hydrogens (tertiary/aromatic N) is 3. The largest absolute Gasteiger partial charge is 0.493 e. The van der Waals surface area contributed by atoms with Crippen molar-refractivity contribution in [3.63, 3.8) is 0 Å². The third kappa shape index (κ3) is 3.53. The fourth-order valence-electron chi connectivity index (χ4n) is 2.56. The van der Waals surface area contributed by atoms with Crippen LogP contribution in [-0.2, 0) is 4.79 Å². The summed E-state index contributed by atoms with van der Waals surface area (Å²) in [6, 6.07) is 3.49. The normalized spacial score (nSPS) is 15.9. The molecule has 26 heavy (non-hydrogen) atoms. The standard InChI is InChI=1S/C18H21N5O3/c1-3-7-20-17(24)13-4-5-15(21-10-13)23-18(25)14(11-22-23)12-6-8-19-16(9-12)26-2/h4-6,8-11,15,21,25H,3,7H2,1-2H3,(H,20,24). The van der Waals surface area contributed by atoms with Crippen molar-refractivity contribution in [2.75, 3.05) is 13.7 Å². The van der Waals surface area contributed by atoms with E-state index in [-0.39, 0.29) is 11.8 Å². The quantitative estimate of drug-likeness (QED) is 0.729. The van der Waals surface area contributed by atoms with Gasteiger partial charge in [0.1, 0.15) is 6.17 Å². The molecular formula is C18H21N5O3. The Kier molecular flexibility index (Phi) is 5.21. The molecular weight excluding hydrogens is 334 g/mol. The molecule has 0 bridgehead atoms. The molecule has 2 aromatic heterocycles. The van der Waals surface area contributed by atoms with Gasteiger partial charge in [-0.05, 0) is 30.2 Å². The molecule has 136 valence electrons. The maximum atomic E-state index is 12.0. The van der Waals surface area contributed by atoms with E-state index in [1.165, 1.54) is 11.8 Å². The minimum atomic E-state index is -0.393. The van der Waals surface area contributed by atoms with Crippen LogP contribution < -0.4 is 15.4 Å². The summed E-state index contributed by atoms with van der Waals surface area (Å²) >= 11 is 0. The molecule has 1 aliphatic rings. The number of rotatable bonds is 6. The second kappa shape index (κ2) is 7.73. The van der Waals surface area contributed by atoms with Crippen molar-refractivity contribution in [2.45, 2.75) is 19.5 Å². The zero-order valence-corrected chi connectivity index (χ0v) is 14.6. The highest BCUT2D eigenvalue weighted by atomic mass is 16.5. The van der Waals surface area contributed by atoms with Gasteiger partial charge in [0.05, 0.1) is 24.4 Å². The number of aromatic hydroxyl groups is 1. The van der Waals surface area contributed by atoms with Gasteiger partial charge in [-0.1, -0.05) is 6.92 Å². The lowest BCUT2D eigenvalue weighted by Crippen LogP contribution is -2.30. The average Bonchev–Trinajstić information content (AvgIpc) is 3.07. The predicted octanol–water partition coefficient (Wildman–Crippen LogP) is 1.73. The predicted molar refractivity (Wildman–Crippen MR) is 96.4 cm³/mol. The number of hydrogen-bond acceptors (Lipinski definition) is 6. The van der Waals surface area contributed by atoms with Crippen LogP contribution in [0.15, 0.2) is 48.5 Å². The Hall–Kier alpha value is -3.29. The highest BCUT2D eigenvalue weighted by molar-refractivity contribution is 5.96. The number of pyridine rings is 1. The van der Waals surface area contributed by atoms with Crippen molar-refractivity contribution in [3.8, 4) is 22.9 Å². The first kappa shape index (κ1) is 17.5. The minimum absolute atomic E-state index is 0.00712. The van der Waals surface area contributed by atoms with Crippen molar-refractivity contribution in [3.05, 3.63) is 48.5 Å². The molecule has 8 nitrogen and oxygen atoms in total. The second-order valence-corrected chi connectivity index (χ2v) is 5.74. The maximum absolute atomic E-state index is 12.0. The van der Waals surface area contributed by atoms with Crippen molar-refractivity contribution in [1.82, 2.24) is 25.4 Å². The highest BCUT2D eigenvalue weighted by Crippen LogP contribution is 2.32. The topological polar surface area (TPSA) is 101 Å². The first-order valence-electron chi connectivity index (χ1n) is 8.33. The lowest BCUT2D eigenvalue weighted by molar-refractivity contribution is -0.117. The average molecular weight is 355 g/mol. The van der Waals surface area contributed by atoms with Crippen LogP contribution in [0.1, 0.15) is 19.5 Å². The van der Waals surface area contributed by atoms with Crippen LogP contribution in [-0.4, -0.2) is 39.4 Å². The molecule has 0 spiro atoms. The summed E-state index contributed by atoms with van der Waals surface area (Å²) in [6.07, 6.45) is 8.76. The Balaban J connectivity index is 1.76. The van der Waals surface area contributed by atoms with E-state index < -0.39 is 6.17 Å². The van der Waals surface area contributed by atoms with Gasteiger partial charge in [-0.15, -0.1) is 0 Å². The van der Waals surface area contributed by atoms with Crippen molar-refractivity contribution in [2.24, 2.45) is 0 Å². The molecule has 2 aromatic rings. The van der Waals surface area contributed by atoms with Gasteiger partial charge in [-0.3, -0.25) is 4.79 Å². The molecule has 1 atom stereocenters. The molecule has 0 radical (unpaired) electrons. The first-order chi connectivity index (χ1) is 12.6. The van der Waals surface area contributed by atoms with E-state index in [1.54, 1.807) is 42.9 Å². The minimum Gasteiger partial charge on any atom is -0.493 e. The van der Waals surface area contributed by atoms with Crippen LogP contribution in [0.2, 0.25) is 0 Å². The van der Waals surface area contributed by atoms with Gasteiger partial charge in [0.25, 0.3) is 5.91 Å². The molecule has 0 saturated carbocycles. The van der Waals surface area contributed by atoms with Gasteiger partial charge in [0.15, 0.2) is 0 Å². The number of dihydropyridines is 1. The van der Waals surface area contributed by atoms with Crippen LogP contribution in [0.4, 0.5) is 0 Å². The number of hydrogen-bond donors (Lipinski definition) is 3. The fourth-order valence-corrected chi connectivity index (χ4v) is 2.56. The fraction of sp³-hybridized carbons (Fsp3) is 0.278. The molecule has 1 amide bonds. The zero-order valence-electron chi connectivity index (χ0n) is 14.6. The van der Waals surface area contributed by atoms with Crippen LogP contribution in [0.25, 0.3) is 11.1 Å². The third-order valence-corrected chi connectivity index (χ3v) is 3.95. The summed E-state index contributed by atoms with van der Waals surface area (Å²) in [6.45, 7) is 2.63. The van der Waals surface area contributed by atoms with E-state index in [2.05, 4.69) is 20.7 Å². The highest BCUT2D eigenvalue weighted by Gasteiger charge is 2.20. The summed E-state index contributed by atoms with van der Waals surface area (Å²) in [5.74, 6) is 0.326. The SMILES string of the molecule is CCCNC(=O)C1=CNC(n2ncc(-c3ccnc(OC)c3)c2O)C=C1. The molecule has 0 aliphatic carbocycles. The number of amides is 1. The van der Waals surface area contributed by atoms with Crippen LogP contribution >= 0.6 is 0 Å². The van der Waals surface area contributed by atoms with E-state index in [9.17, 15) is 9.90 Å². The molecule has 1 unspecified atom stereocenters. The monoisotopic (exact) mass is 355 g/mol. The Bertz CT molecular complexity index is 856. The van der Waals surface area contributed by atoms with Gasteiger partial charge in [0.2, 0.25) is 11.8 Å². The van der Waals surface area contributed by atoms with Crippen LogP contribution in [0, 0.1) is 0 Å². The van der Waals surface area contributed by atoms with E-state index in [0.717, 1.165) is 12.0 Å². The Morgan fingerprint density at radius 2 is 2.35 bits per heavy atom. The third-order valence-electron chi connectivity index (χ3n) is 3.95. The molecule has 0 fully saturated rings. The van der Waals surface area contributed by atoms with E-state index in [1.807, 2.05) is 6.92 Å². The van der Waals surface area contributed by atoms with Crippen molar-refractivity contribution < 1.29 is 14.6 Å². The van der Waals surface area contributed by atoms with E-state index in [0.29, 0.717) is 23.6 Å². The molecule has 8 heteroatoms. The van der Waals surface area contributed by atoms with Gasteiger partial charge < -0.3 is 20.5 Å². The van der Waals surface area contributed by atoms with Crippen LogP contribution in [0.5, 0.6) is 11.8 Å². The van der Waals surface area contributed by atoms with Gasteiger partial charge in [-0.2, -0.15) is 5.10 Å². The molecule has 3 N–H and O–H groups in total. The molecule has 0 aromatic carbocycles. The smallest absolute Gasteiger partial charge is 0.252 e. The second-order valence-electron chi connectivity index (χ2n) is 5.74. The van der Waals surface area contributed by atoms with Crippen molar-refractivity contribution in [1.29, 1.82) is 0 Å². The maximum Gasteiger partial charge on any atom is 0.252 e. The number of aromatic nitrogens is 3. The lowest BCUT2D eigenvalue weighted by Gasteiger charge is -2.19. The van der Waals surface area contributed by atoms with E-state index in [4.69, 9.17) is 4.74 Å². The van der Waals surface area contributed by atoms with Crippen molar-refractivity contribution >= 4 is 5.91 Å². The Morgan fingerprint density at radius 1 is 1.50 bits per heavy atom. The summed E-state index contributed by atoms with van der Waals surface area (Å²) in [7, 11) is 1.53. The molecule has 3 heterocycles. The molecule has 1 aliphatic heterocycles. The van der Waals surface area contributed by atoms with Gasteiger partial charge >= 0.3 is 0 Å². The lowest BCUT2D eigenvalue weighted by atomic mass is 10.1. The summed E-state index contributed by atoms with van der Waals surface area (Å²) in [5.41, 5.74) is 1.84. The summed E-state index contributed by atoms with van der Waals surface area (Å²) in [5, 5.41) is 20.7. The van der Waals surface area contributed by atoms with E-state index >= 15 is 0 Å². The zero-order chi connectivity index (χ0) is 18.5. The number of carbonyl (C=O) groups is 1. The summed E-state index contributed by atoms with van der Waals surface area (Å²) in [4.78, 5) is 16.0. The number of nitrogens with one attached hydrogen (secondary N) is 2. The van der Waals surface area contributed by atoms with Gasteiger partial charge in [0, 0.05) is 25.0 Å². The molecule has 0 saturated heterocycles. The first-order valence-corrected chi connectivity index (χ1v) is 8.33. The number of methoxy groups -OCH3 is 1. The number of ether oxygens (including phenoxy) is 1. The molecule has 3 rings (SSSR count). The van der Waals surface area contributed by atoms with Gasteiger partial charge in [-0.25, -0.2) is 9.67 Å².